The number of imidazole rings is 1. The Morgan fingerprint density at radius 2 is 1.80 bits per heavy atom. The summed E-state index contributed by atoms with van der Waals surface area (Å²) < 4.78 is 29.4. The van der Waals surface area contributed by atoms with Gasteiger partial charge in [-0.25, -0.2) is 13.4 Å². The highest BCUT2D eigenvalue weighted by Crippen LogP contribution is 2.27. The molecule has 0 amide bonds. The fourth-order valence-corrected chi connectivity index (χ4v) is 4.00. The first kappa shape index (κ1) is 17.3. The molecule has 1 heterocycles. The number of nitrogens with one attached hydrogen (secondary N) is 1. The van der Waals surface area contributed by atoms with E-state index >= 15 is 0 Å². The Morgan fingerprint density at radius 3 is 2.36 bits per heavy atom. The van der Waals surface area contributed by atoms with Gasteiger partial charge in [0.05, 0.1) is 4.90 Å². The molecular formula is C18H17N3O2S2. The minimum atomic E-state index is -3.62. The maximum Gasteiger partial charge on any atom is 0.261 e. The third-order valence-corrected chi connectivity index (χ3v) is 6.00. The summed E-state index contributed by atoms with van der Waals surface area (Å²) in [6.07, 6.45) is 5.28. The largest absolute Gasteiger partial charge is 0.329 e. The van der Waals surface area contributed by atoms with Crippen LogP contribution in [0, 0.1) is 0 Å². The van der Waals surface area contributed by atoms with E-state index in [1.54, 1.807) is 48.7 Å². The molecule has 0 unspecified atom stereocenters. The summed E-state index contributed by atoms with van der Waals surface area (Å²) in [5, 5.41) is 0.871. The second kappa shape index (κ2) is 7.16. The van der Waals surface area contributed by atoms with E-state index in [9.17, 15) is 8.42 Å². The highest BCUT2D eigenvalue weighted by molar-refractivity contribution is 7.99. The van der Waals surface area contributed by atoms with Crippen LogP contribution in [0.1, 0.15) is 5.56 Å². The first-order chi connectivity index (χ1) is 12.0. The molecule has 0 saturated heterocycles. The van der Waals surface area contributed by atoms with Crippen molar-refractivity contribution in [1.29, 1.82) is 0 Å². The molecule has 0 aliphatic heterocycles. The van der Waals surface area contributed by atoms with E-state index in [0.717, 1.165) is 15.6 Å². The van der Waals surface area contributed by atoms with Crippen molar-refractivity contribution in [1.82, 2.24) is 9.55 Å². The fraction of sp³-hybridized carbons (Fsp3) is 0.0556. The Bertz CT molecular complexity index is 976. The standard InChI is InChI=1S/C18H17N3O2S2/c1-3-14-4-10-17(11-5-14)25(22,23)20-15-6-8-16(9-7-15)24-18-19-12-13-21(18)2/h3-13,20H,1H2,2H3. The Labute approximate surface area is 151 Å². The number of rotatable bonds is 6. The minimum absolute atomic E-state index is 0.213. The molecule has 1 aromatic heterocycles. The molecule has 1 N–H and O–H groups in total. The molecular weight excluding hydrogens is 354 g/mol. The van der Waals surface area contributed by atoms with Crippen molar-refractivity contribution < 1.29 is 8.42 Å². The van der Waals surface area contributed by atoms with E-state index in [0.29, 0.717) is 5.69 Å². The Kier molecular flexibility index (Phi) is 4.96. The van der Waals surface area contributed by atoms with Crippen molar-refractivity contribution >= 4 is 33.5 Å². The zero-order chi connectivity index (χ0) is 17.9. The summed E-state index contributed by atoms with van der Waals surface area (Å²) >= 11 is 1.51. The van der Waals surface area contributed by atoms with Gasteiger partial charge >= 0.3 is 0 Å². The van der Waals surface area contributed by atoms with Crippen LogP contribution in [0.25, 0.3) is 6.08 Å². The van der Waals surface area contributed by atoms with Crippen LogP contribution in [0.3, 0.4) is 0 Å². The van der Waals surface area contributed by atoms with E-state index in [1.165, 1.54) is 11.8 Å². The van der Waals surface area contributed by atoms with Crippen molar-refractivity contribution in [3.05, 3.63) is 73.1 Å². The molecule has 3 aromatic rings. The highest BCUT2D eigenvalue weighted by atomic mass is 32.2. The fourth-order valence-electron chi connectivity index (χ4n) is 2.14. The van der Waals surface area contributed by atoms with Crippen LogP contribution >= 0.6 is 11.8 Å². The zero-order valence-corrected chi connectivity index (χ0v) is 15.2. The summed E-state index contributed by atoms with van der Waals surface area (Å²) in [5.41, 5.74) is 1.38. The Hall–Kier alpha value is -2.51. The predicted molar refractivity (Wildman–Crippen MR) is 101 cm³/mol. The van der Waals surface area contributed by atoms with Crippen LogP contribution in [0.4, 0.5) is 5.69 Å². The van der Waals surface area contributed by atoms with Crippen LogP contribution in [0.2, 0.25) is 0 Å². The summed E-state index contributed by atoms with van der Waals surface area (Å²) in [7, 11) is -1.69. The van der Waals surface area contributed by atoms with Gasteiger partial charge in [0, 0.05) is 30.0 Å². The van der Waals surface area contributed by atoms with Gasteiger partial charge < -0.3 is 4.57 Å². The van der Waals surface area contributed by atoms with Gasteiger partial charge in [0.2, 0.25) is 0 Å². The van der Waals surface area contributed by atoms with Crippen LogP contribution < -0.4 is 4.72 Å². The number of aryl methyl sites for hydroxylation is 1. The lowest BCUT2D eigenvalue weighted by Crippen LogP contribution is -2.12. The van der Waals surface area contributed by atoms with E-state index in [-0.39, 0.29) is 4.90 Å². The smallest absolute Gasteiger partial charge is 0.261 e. The van der Waals surface area contributed by atoms with Gasteiger partial charge in [-0.1, -0.05) is 36.5 Å². The average Bonchev–Trinajstić information content (AvgIpc) is 3.01. The summed E-state index contributed by atoms with van der Waals surface area (Å²) in [6, 6.07) is 13.7. The maximum absolute atomic E-state index is 12.4. The predicted octanol–water partition coefficient (Wildman–Crippen LogP) is 4.02. The van der Waals surface area contributed by atoms with Gasteiger partial charge in [0.1, 0.15) is 0 Å². The van der Waals surface area contributed by atoms with Gasteiger partial charge in [0.25, 0.3) is 10.0 Å². The van der Waals surface area contributed by atoms with Gasteiger partial charge in [-0.2, -0.15) is 0 Å². The molecule has 25 heavy (non-hydrogen) atoms. The molecule has 3 rings (SSSR count). The van der Waals surface area contributed by atoms with E-state index < -0.39 is 10.0 Å². The monoisotopic (exact) mass is 371 g/mol. The number of anilines is 1. The first-order valence-electron chi connectivity index (χ1n) is 7.48. The number of hydrogen-bond acceptors (Lipinski definition) is 4. The molecule has 0 fully saturated rings. The number of sulfonamides is 1. The van der Waals surface area contributed by atoms with Crippen LogP contribution in [0.15, 0.2) is 82.5 Å². The lowest BCUT2D eigenvalue weighted by atomic mass is 10.2. The number of aromatic nitrogens is 2. The van der Waals surface area contributed by atoms with Crippen LogP contribution in [-0.2, 0) is 17.1 Å². The molecule has 0 spiro atoms. The van der Waals surface area contributed by atoms with Crippen LogP contribution in [-0.4, -0.2) is 18.0 Å². The van der Waals surface area contributed by atoms with Crippen molar-refractivity contribution in [3.63, 3.8) is 0 Å². The minimum Gasteiger partial charge on any atom is -0.329 e. The zero-order valence-electron chi connectivity index (χ0n) is 13.6. The Morgan fingerprint density at radius 1 is 1.12 bits per heavy atom. The van der Waals surface area contributed by atoms with E-state index in [2.05, 4.69) is 16.3 Å². The quantitative estimate of drug-likeness (QED) is 0.711. The van der Waals surface area contributed by atoms with E-state index in [1.807, 2.05) is 29.9 Å². The molecule has 5 nitrogen and oxygen atoms in total. The second-order valence-electron chi connectivity index (χ2n) is 5.33. The van der Waals surface area contributed by atoms with Gasteiger partial charge in [-0.15, -0.1) is 0 Å². The number of nitrogens with zero attached hydrogens (tertiary/aromatic N) is 2. The lowest BCUT2D eigenvalue weighted by molar-refractivity contribution is 0.601. The Balaban J connectivity index is 1.73. The molecule has 0 aliphatic carbocycles. The van der Waals surface area contributed by atoms with Crippen molar-refractivity contribution in [3.8, 4) is 0 Å². The summed E-state index contributed by atoms with van der Waals surface area (Å²) in [4.78, 5) is 5.45. The highest BCUT2D eigenvalue weighted by Gasteiger charge is 2.14. The number of hydrogen-bond donors (Lipinski definition) is 1. The summed E-state index contributed by atoms with van der Waals surface area (Å²) in [6.45, 7) is 3.66. The third kappa shape index (κ3) is 4.12. The van der Waals surface area contributed by atoms with Gasteiger partial charge in [-0.3, -0.25) is 4.72 Å². The van der Waals surface area contributed by atoms with Crippen LogP contribution in [0.5, 0.6) is 0 Å². The molecule has 0 saturated carbocycles. The summed E-state index contributed by atoms with van der Waals surface area (Å²) in [5.74, 6) is 0. The molecule has 0 bridgehead atoms. The number of benzene rings is 2. The topological polar surface area (TPSA) is 64.0 Å². The van der Waals surface area contributed by atoms with E-state index in [4.69, 9.17) is 0 Å². The lowest BCUT2D eigenvalue weighted by Gasteiger charge is -2.09. The maximum atomic E-state index is 12.4. The molecule has 0 aliphatic rings. The SMILES string of the molecule is C=Cc1ccc(S(=O)(=O)Nc2ccc(Sc3nccn3C)cc2)cc1. The molecule has 0 atom stereocenters. The first-order valence-corrected chi connectivity index (χ1v) is 9.78. The van der Waals surface area contributed by atoms with Gasteiger partial charge in [-0.05, 0) is 42.0 Å². The normalized spacial score (nSPS) is 11.2. The van der Waals surface area contributed by atoms with Crippen molar-refractivity contribution in [2.75, 3.05) is 4.72 Å². The second-order valence-corrected chi connectivity index (χ2v) is 8.05. The van der Waals surface area contributed by atoms with Crippen molar-refractivity contribution in [2.24, 2.45) is 7.05 Å². The molecule has 128 valence electrons. The van der Waals surface area contributed by atoms with Gasteiger partial charge in [0.15, 0.2) is 5.16 Å². The molecule has 2 aromatic carbocycles. The molecule has 0 radical (unpaired) electrons. The average molecular weight is 371 g/mol. The molecule has 7 heteroatoms. The van der Waals surface area contributed by atoms with Crippen molar-refractivity contribution in [2.45, 2.75) is 14.9 Å². The third-order valence-electron chi connectivity index (χ3n) is 3.52.